The van der Waals surface area contributed by atoms with E-state index in [4.69, 9.17) is 0 Å². The van der Waals surface area contributed by atoms with E-state index in [1.54, 1.807) is 0 Å². The molecule has 5 nitrogen and oxygen atoms in total. The lowest BCUT2D eigenvalue weighted by Gasteiger charge is -2.47. The summed E-state index contributed by atoms with van der Waals surface area (Å²) in [6, 6.07) is 16.9. The first-order valence-electron chi connectivity index (χ1n) is 12.0. The molecule has 0 radical (unpaired) electrons. The van der Waals surface area contributed by atoms with Gasteiger partial charge in [0.15, 0.2) is 0 Å². The highest BCUT2D eigenvalue weighted by Gasteiger charge is 2.38. The molecule has 1 N–H and O–H groups in total. The number of anilines is 1. The van der Waals surface area contributed by atoms with E-state index >= 15 is 0 Å². The Morgan fingerprint density at radius 2 is 1.58 bits per heavy atom. The molecular formula is C26H34N4O. The van der Waals surface area contributed by atoms with E-state index in [9.17, 15) is 4.79 Å². The number of rotatable bonds is 4. The normalized spacial score (nSPS) is 29.2. The van der Waals surface area contributed by atoms with Crippen LogP contribution in [0.3, 0.4) is 0 Å². The van der Waals surface area contributed by atoms with Gasteiger partial charge in [0, 0.05) is 50.0 Å². The van der Waals surface area contributed by atoms with Crippen LogP contribution in [0.15, 0.2) is 54.7 Å². The van der Waals surface area contributed by atoms with Crippen LogP contribution in [0.5, 0.6) is 0 Å². The third kappa shape index (κ3) is 4.77. The second-order valence-electron chi connectivity index (χ2n) is 9.55. The van der Waals surface area contributed by atoms with Crippen molar-refractivity contribution in [2.24, 2.45) is 11.8 Å². The third-order valence-electron chi connectivity index (χ3n) is 7.76. The molecule has 0 bridgehead atoms. The van der Waals surface area contributed by atoms with E-state index in [0.717, 1.165) is 68.3 Å². The predicted octanol–water partition coefficient (Wildman–Crippen LogP) is 3.97. The van der Waals surface area contributed by atoms with E-state index in [-0.39, 0.29) is 5.91 Å². The average molecular weight is 419 g/mol. The van der Waals surface area contributed by atoms with Crippen molar-refractivity contribution in [3.63, 3.8) is 0 Å². The molecule has 3 fully saturated rings. The Kier molecular flexibility index (Phi) is 6.21. The number of carbonyl (C=O) groups is 1. The van der Waals surface area contributed by atoms with Crippen LogP contribution in [0.1, 0.15) is 48.9 Å². The molecule has 0 unspecified atom stereocenters. The average Bonchev–Trinajstić information content (AvgIpc) is 2.85. The number of hydrogen-bond acceptors (Lipinski definition) is 4. The summed E-state index contributed by atoms with van der Waals surface area (Å²) >= 11 is 0. The van der Waals surface area contributed by atoms with Crippen LogP contribution < -0.4 is 10.2 Å². The Bertz CT molecular complexity index is 850. The van der Waals surface area contributed by atoms with Gasteiger partial charge in [-0.15, -0.1) is 0 Å². The van der Waals surface area contributed by atoms with Crippen LogP contribution >= 0.6 is 0 Å². The molecule has 1 saturated heterocycles. The summed E-state index contributed by atoms with van der Waals surface area (Å²) in [5.41, 5.74) is 0.776. The summed E-state index contributed by atoms with van der Waals surface area (Å²) in [5, 5.41) is 3.30. The number of piperazine rings is 1. The minimum Gasteiger partial charge on any atom is -0.354 e. The molecule has 4 atom stereocenters. The first-order valence-corrected chi connectivity index (χ1v) is 12.0. The van der Waals surface area contributed by atoms with Gasteiger partial charge in [0.05, 0.1) is 0 Å². The molecular weight excluding hydrogens is 384 g/mol. The zero-order valence-electron chi connectivity index (χ0n) is 18.3. The largest absolute Gasteiger partial charge is 0.354 e. The fraction of sp³-hybridized carbons (Fsp3) is 0.538. The minimum atomic E-state index is 0.0866. The summed E-state index contributed by atoms with van der Waals surface area (Å²) in [5.74, 6) is 2.81. The van der Waals surface area contributed by atoms with Crippen LogP contribution in [0.4, 0.5) is 5.82 Å². The minimum absolute atomic E-state index is 0.0866. The Hall–Kier alpha value is -2.40. The molecule has 2 saturated carbocycles. The van der Waals surface area contributed by atoms with E-state index in [1.165, 1.54) is 25.7 Å². The fourth-order valence-electron chi connectivity index (χ4n) is 6.04. The standard InChI is InChI=1S/C26H34N4O/c31-26(20-6-2-1-3-7-20)28-23-11-9-22-19-24(12-10-21(22)18-23)29-14-16-30(17-15-29)25-8-4-5-13-27-25/h1-8,13,21-24H,9-12,14-19H2,(H,28,31)/t21-,22+,23-,24-/m1/s1. The van der Waals surface area contributed by atoms with Crippen molar-refractivity contribution in [2.45, 2.75) is 50.6 Å². The van der Waals surface area contributed by atoms with Gasteiger partial charge in [-0.3, -0.25) is 9.69 Å². The molecule has 3 aliphatic rings. The Morgan fingerprint density at radius 1 is 0.839 bits per heavy atom. The molecule has 5 rings (SSSR count). The van der Waals surface area contributed by atoms with Gasteiger partial charge in [0.1, 0.15) is 5.82 Å². The van der Waals surface area contributed by atoms with Crippen molar-refractivity contribution >= 4 is 11.7 Å². The Morgan fingerprint density at radius 3 is 2.35 bits per heavy atom. The SMILES string of the molecule is O=C(N[C@@H]1CC[C@H]2C[C@H](N3CCN(c4ccccn4)CC3)CC[C@@H]2C1)c1ccccc1. The number of nitrogens with zero attached hydrogens (tertiary/aromatic N) is 3. The van der Waals surface area contributed by atoms with Crippen molar-refractivity contribution in [3.8, 4) is 0 Å². The first-order chi connectivity index (χ1) is 15.3. The topological polar surface area (TPSA) is 48.5 Å². The molecule has 2 aromatic rings. The van der Waals surface area contributed by atoms with E-state index in [2.05, 4.69) is 32.2 Å². The number of amides is 1. The van der Waals surface area contributed by atoms with E-state index < -0.39 is 0 Å². The summed E-state index contributed by atoms with van der Waals surface area (Å²) in [4.78, 5) is 22.2. The highest BCUT2D eigenvalue weighted by atomic mass is 16.1. The molecule has 164 valence electrons. The van der Waals surface area contributed by atoms with Gasteiger partial charge in [0.2, 0.25) is 0 Å². The smallest absolute Gasteiger partial charge is 0.251 e. The summed E-state index contributed by atoms with van der Waals surface area (Å²) < 4.78 is 0. The van der Waals surface area contributed by atoms with Crippen molar-refractivity contribution in [1.29, 1.82) is 0 Å². The van der Waals surface area contributed by atoms with Gasteiger partial charge in [-0.25, -0.2) is 4.98 Å². The molecule has 2 aliphatic carbocycles. The number of benzene rings is 1. The first kappa shape index (κ1) is 20.5. The predicted molar refractivity (Wildman–Crippen MR) is 124 cm³/mol. The van der Waals surface area contributed by atoms with Crippen molar-refractivity contribution in [3.05, 3.63) is 60.3 Å². The highest BCUT2D eigenvalue weighted by molar-refractivity contribution is 5.94. The van der Waals surface area contributed by atoms with Crippen LogP contribution in [0.2, 0.25) is 0 Å². The van der Waals surface area contributed by atoms with Gasteiger partial charge in [-0.05, 0) is 74.6 Å². The van der Waals surface area contributed by atoms with Crippen molar-refractivity contribution < 1.29 is 4.79 Å². The Balaban J connectivity index is 1.10. The molecule has 1 aliphatic heterocycles. The molecule has 1 aromatic carbocycles. The third-order valence-corrected chi connectivity index (χ3v) is 7.76. The summed E-state index contributed by atoms with van der Waals surface area (Å²) in [6.45, 7) is 4.45. The number of pyridine rings is 1. The maximum atomic E-state index is 12.5. The molecule has 5 heteroatoms. The lowest BCUT2D eigenvalue weighted by molar-refractivity contribution is 0.0586. The fourth-order valence-corrected chi connectivity index (χ4v) is 6.04. The lowest BCUT2D eigenvalue weighted by Crippen LogP contribution is -2.53. The maximum absolute atomic E-state index is 12.5. The molecule has 31 heavy (non-hydrogen) atoms. The number of hydrogen-bond donors (Lipinski definition) is 1. The monoisotopic (exact) mass is 418 g/mol. The van der Waals surface area contributed by atoms with Crippen LogP contribution in [-0.2, 0) is 0 Å². The van der Waals surface area contributed by atoms with Gasteiger partial charge in [0.25, 0.3) is 5.91 Å². The Labute approximate surface area is 185 Å². The van der Waals surface area contributed by atoms with Crippen LogP contribution in [0.25, 0.3) is 0 Å². The zero-order valence-corrected chi connectivity index (χ0v) is 18.3. The lowest BCUT2D eigenvalue weighted by atomic mass is 9.67. The molecule has 1 aromatic heterocycles. The van der Waals surface area contributed by atoms with Gasteiger partial charge in [-0.2, -0.15) is 0 Å². The van der Waals surface area contributed by atoms with Gasteiger partial charge in [-0.1, -0.05) is 24.3 Å². The summed E-state index contributed by atoms with van der Waals surface area (Å²) in [6.07, 6.45) is 9.39. The quantitative estimate of drug-likeness (QED) is 0.816. The number of aromatic nitrogens is 1. The number of nitrogens with one attached hydrogen (secondary N) is 1. The molecule has 0 spiro atoms. The number of carbonyl (C=O) groups excluding carboxylic acids is 1. The van der Waals surface area contributed by atoms with Gasteiger partial charge >= 0.3 is 0 Å². The zero-order chi connectivity index (χ0) is 21.0. The molecule has 1 amide bonds. The maximum Gasteiger partial charge on any atom is 0.251 e. The van der Waals surface area contributed by atoms with Crippen LogP contribution in [-0.4, -0.2) is 54.1 Å². The van der Waals surface area contributed by atoms with Gasteiger partial charge < -0.3 is 10.2 Å². The van der Waals surface area contributed by atoms with Crippen LogP contribution in [0, 0.1) is 11.8 Å². The van der Waals surface area contributed by atoms with E-state index in [0.29, 0.717) is 6.04 Å². The van der Waals surface area contributed by atoms with Crippen molar-refractivity contribution in [2.75, 3.05) is 31.1 Å². The second-order valence-corrected chi connectivity index (χ2v) is 9.55. The summed E-state index contributed by atoms with van der Waals surface area (Å²) in [7, 11) is 0. The highest BCUT2D eigenvalue weighted by Crippen LogP contribution is 2.42. The van der Waals surface area contributed by atoms with Crippen molar-refractivity contribution in [1.82, 2.24) is 15.2 Å². The number of fused-ring (bicyclic) bond motifs is 1. The van der Waals surface area contributed by atoms with E-state index in [1.807, 2.05) is 42.6 Å². The second kappa shape index (κ2) is 9.39. The molecule has 2 heterocycles.